The highest BCUT2D eigenvalue weighted by Gasteiger charge is 2.28. The molecule has 0 bridgehead atoms. The van der Waals surface area contributed by atoms with Gasteiger partial charge in [0, 0.05) is 6.54 Å². The third kappa shape index (κ3) is 2.40. The van der Waals surface area contributed by atoms with Crippen LogP contribution in [0.1, 0.15) is 30.0 Å². The minimum Gasteiger partial charge on any atom is -0.316 e. The second kappa shape index (κ2) is 3.97. The second-order valence-electron chi connectivity index (χ2n) is 5.33. The van der Waals surface area contributed by atoms with Crippen molar-refractivity contribution in [2.45, 2.75) is 33.6 Å². The monoisotopic (exact) mass is 203 g/mol. The zero-order valence-corrected chi connectivity index (χ0v) is 10.1. The van der Waals surface area contributed by atoms with Crippen LogP contribution in [0, 0.1) is 19.3 Å². The van der Waals surface area contributed by atoms with E-state index in [0.717, 1.165) is 0 Å². The molecule has 0 aromatic heterocycles. The third-order valence-electron chi connectivity index (χ3n) is 3.66. The number of hydrogen-bond donors (Lipinski definition) is 1. The van der Waals surface area contributed by atoms with E-state index in [4.69, 9.17) is 0 Å². The Kier molecular flexibility index (Phi) is 2.83. The van der Waals surface area contributed by atoms with Crippen molar-refractivity contribution in [3.05, 3.63) is 34.9 Å². The van der Waals surface area contributed by atoms with Crippen LogP contribution in [0.5, 0.6) is 0 Å². The van der Waals surface area contributed by atoms with Crippen molar-refractivity contribution in [2.24, 2.45) is 5.41 Å². The predicted molar refractivity (Wildman–Crippen MR) is 65.2 cm³/mol. The molecule has 1 aromatic rings. The zero-order chi connectivity index (χ0) is 10.9. The van der Waals surface area contributed by atoms with Gasteiger partial charge in [0.2, 0.25) is 0 Å². The summed E-state index contributed by atoms with van der Waals surface area (Å²) in [6.07, 6.45) is 2.51. The lowest BCUT2D eigenvalue weighted by atomic mass is 9.82. The van der Waals surface area contributed by atoms with E-state index in [-0.39, 0.29) is 0 Å². The van der Waals surface area contributed by atoms with Gasteiger partial charge in [-0.25, -0.2) is 0 Å². The quantitative estimate of drug-likeness (QED) is 0.779. The fourth-order valence-corrected chi connectivity index (χ4v) is 2.43. The van der Waals surface area contributed by atoms with E-state index in [2.05, 4.69) is 44.3 Å². The highest BCUT2D eigenvalue weighted by molar-refractivity contribution is 5.30. The molecule has 1 aromatic carbocycles. The lowest BCUT2D eigenvalue weighted by Gasteiger charge is -2.22. The molecule has 1 aliphatic heterocycles. The van der Waals surface area contributed by atoms with Gasteiger partial charge < -0.3 is 5.32 Å². The molecule has 0 amide bonds. The summed E-state index contributed by atoms with van der Waals surface area (Å²) in [6.45, 7) is 9.12. The van der Waals surface area contributed by atoms with E-state index in [1.54, 1.807) is 0 Å². The first-order valence-corrected chi connectivity index (χ1v) is 5.86. The van der Waals surface area contributed by atoms with Crippen LogP contribution in [-0.4, -0.2) is 13.1 Å². The summed E-state index contributed by atoms with van der Waals surface area (Å²) < 4.78 is 0. The maximum atomic E-state index is 3.46. The van der Waals surface area contributed by atoms with Gasteiger partial charge in [0.1, 0.15) is 0 Å². The molecule has 1 unspecified atom stereocenters. The molecule has 2 rings (SSSR count). The lowest BCUT2D eigenvalue weighted by Crippen LogP contribution is -2.22. The summed E-state index contributed by atoms with van der Waals surface area (Å²) in [6, 6.07) is 6.88. The largest absolute Gasteiger partial charge is 0.316 e. The van der Waals surface area contributed by atoms with Gasteiger partial charge in [0.15, 0.2) is 0 Å². The Labute approximate surface area is 92.9 Å². The van der Waals surface area contributed by atoms with Gasteiger partial charge in [-0.1, -0.05) is 25.1 Å². The van der Waals surface area contributed by atoms with Crippen LogP contribution in [0.25, 0.3) is 0 Å². The minimum atomic E-state index is 0.474. The smallest absolute Gasteiger partial charge is 0.000883 e. The zero-order valence-electron chi connectivity index (χ0n) is 10.1. The fraction of sp³-hybridized carbons (Fsp3) is 0.571. The fourth-order valence-electron chi connectivity index (χ4n) is 2.43. The number of benzene rings is 1. The Balaban J connectivity index is 2.13. The topological polar surface area (TPSA) is 12.0 Å². The average molecular weight is 203 g/mol. The van der Waals surface area contributed by atoms with E-state index in [0.29, 0.717) is 5.41 Å². The summed E-state index contributed by atoms with van der Waals surface area (Å²) in [5, 5.41) is 3.46. The molecule has 15 heavy (non-hydrogen) atoms. The third-order valence-corrected chi connectivity index (χ3v) is 3.66. The second-order valence-corrected chi connectivity index (χ2v) is 5.33. The molecule has 82 valence electrons. The van der Waals surface area contributed by atoms with Gasteiger partial charge in [-0.05, 0) is 55.3 Å². The maximum Gasteiger partial charge on any atom is 0.000883 e. The van der Waals surface area contributed by atoms with Crippen LogP contribution in [-0.2, 0) is 6.42 Å². The molecule has 1 nitrogen and oxygen atoms in total. The van der Waals surface area contributed by atoms with Crippen molar-refractivity contribution >= 4 is 0 Å². The van der Waals surface area contributed by atoms with Gasteiger partial charge in [-0.15, -0.1) is 0 Å². The Bertz CT molecular complexity index is 348. The van der Waals surface area contributed by atoms with Crippen LogP contribution in [0.2, 0.25) is 0 Å². The molecule has 1 heterocycles. The molecule has 1 saturated heterocycles. The van der Waals surface area contributed by atoms with Crippen molar-refractivity contribution < 1.29 is 0 Å². The molecule has 0 spiro atoms. The van der Waals surface area contributed by atoms with Crippen LogP contribution in [0.15, 0.2) is 18.2 Å². The van der Waals surface area contributed by atoms with E-state index in [9.17, 15) is 0 Å². The van der Waals surface area contributed by atoms with Gasteiger partial charge in [-0.2, -0.15) is 0 Å². The van der Waals surface area contributed by atoms with Crippen LogP contribution in [0.4, 0.5) is 0 Å². The highest BCUT2D eigenvalue weighted by Crippen LogP contribution is 2.29. The van der Waals surface area contributed by atoms with Crippen LogP contribution in [0.3, 0.4) is 0 Å². The first-order valence-electron chi connectivity index (χ1n) is 5.86. The standard InChI is InChI=1S/C14H21N/c1-11-4-5-13(8-12(11)2)9-14(3)6-7-15-10-14/h4-5,8,15H,6-7,9-10H2,1-3H3. The number of nitrogens with one attached hydrogen (secondary N) is 1. The molecule has 0 saturated carbocycles. The minimum absolute atomic E-state index is 0.474. The van der Waals surface area contributed by atoms with E-state index < -0.39 is 0 Å². The SMILES string of the molecule is Cc1ccc(CC2(C)CCNC2)cc1C. The highest BCUT2D eigenvalue weighted by atomic mass is 14.9. The predicted octanol–water partition coefficient (Wildman–Crippen LogP) is 2.85. The lowest BCUT2D eigenvalue weighted by molar-refractivity contribution is 0.363. The molecule has 0 aliphatic carbocycles. The molecular formula is C14H21N. The van der Waals surface area contributed by atoms with E-state index in [1.165, 1.54) is 42.6 Å². The Morgan fingerprint density at radius 1 is 1.27 bits per heavy atom. The van der Waals surface area contributed by atoms with Crippen molar-refractivity contribution in [3.63, 3.8) is 0 Å². The number of aryl methyl sites for hydroxylation is 2. The average Bonchev–Trinajstić information content (AvgIpc) is 2.59. The summed E-state index contributed by atoms with van der Waals surface area (Å²) in [7, 11) is 0. The number of rotatable bonds is 2. The summed E-state index contributed by atoms with van der Waals surface area (Å²) in [4.78, 5) is 0. The molecule has 1 atom stereocenters. The molecule has 1 fully saturated rings. The molecule has 1 N–H and O–H groups in total. The summed E-state index contributed by atoms with van der Waals surface area (Å²) in [5.74, 6) is 0. The van der Waals surface area contributed by atoms with Crippen LogP contribution >= 0.6 is 0 Å². The molecule has 1 aliphatic rings. The normalized spacial score (nSPS) is 25.8. The van der Waals surface area contributed by atoms with Crippen LogP contribution < -0.4 is 5.32 Å². The van der Waals surface area contributed by atoms with Crippen molar-refractivity contribution in [1.82, 2.24) is 5.32 Å². The van der Waals surface area contributed by atoms with E-state index in [1.807, 2.05) is 0 Å². The van der Waals surface area contributed by atoms with Crippen molar-refractivity contribution in [1.29, 1.82) is 0 Å². The number of hydrogen-bond acceptors (Lipinski definition) is 1. The Hall–Kier alpha value is -0.820. The molecule has 0 radical (unpaired) electrons. The Morgan fingerprint density at radius 3 is 2.67 bits per heavy atom. The van der Waals surface area contributed by atoms with E-state index >= 15 is 0 Å². The summed E-state index contributed by atoms with van der Waals surface area (Å²) >= 11 is 0. The van der Waals surface area contributed by atoms with Gasteiger partial charge in [0.25, 0.3) is 0 Å². The van der Waals surface area contributed by atoms with Crippen molar-refractivity contribution in [3.8, 4) is 0 Å². The van der Waals surface area contributed by atoms with Gasteiger partial charge >= 0.3 is 0 Å². The molecule has 1 heteroatoms. The van der Waals surface area contributed by atoms with Gasteiger partial charge in [0.05, 0.1) is 0 Å². The molecular weight excluding hydrogens is 182 g/mol. The first kappa shape index (κ1) is 10.7. The first-order chi connectivity index (χ1) is 7.09. The summed E-state index contributed by atoms with van der Waals surface area (Å²) in [5.41, 5.74) is 4.78. The maximum absolute atomic E-state index is 3.46. The van der Waals surface area contributed by atoms with Gasteiger partial charge in [-0.3, -0.25) is 0 Å². The van der Waals surface area contributed by atoms with Crippen molar-refractivity contribution in [2.75, 3.05) is 13.1 Å². The Morgan fingerprint density at radius 2 is 2.07 bits per heavy atom.